The molecule has 20 heavy (non-hydrogen) atoms. The van der Waals surface area contributed by atoms with Gasteiger partial charge in [-0.15, -0.1) is 21.5 Å². The minimum absolute atomic E-state index is 0.0428. The van der Waals surface area contributed by atoms with Crippen molar-refractivity contribution in [1.82, 2.24) is 10.2 Å². The van der Waals surface area contributed by atoms with E-state index in [9.17, 15) is 18.0 Å². The number of carboxylic acid groups (broad SMARTS) is 1. The molecule has 2 N–H and O–H groups in total. The smallest absolute Gasteiger partial charge is 0.435 e. The molecule has 0 saturated heterocycles. The van der Waals surface area contributed by atoms with Crippen molar-refractivity contribution in [3.8, 4) is 0 Å². The van der Waals surface area contributed by atoms with E-state index in [2.05, 4.69) is 15.5 Å². The number of aromatic nitrogens is 2. The maximum atomic E-state index is 12.3. The minimum Gasteiger partial charge on any atom is -0.479 e. The van der Waals surface area contributed by atoms with Crippen molar-refractivity contribution in [3.05, 3.63) is 40.2 Å². The fraction of sp³-hybridized carbons (Fsp3) is 0.182. The van der Waals surface area contributed by atoms with Gasteiger partial charge in [-0.3, -0.25) is 0 Å². The van der Waals surface area contributed by atoms with Gasteiger partial charge >= 0.3 is 12.1 Å². The average Bonchev–Trinajstić information content (AvgIpc) is 2.88. The summed E-state index contributed by atoms with van der Waals surface area (Å²) in [6.45, 7) is 0. The molecule has 0 spiro atoms. The van der Waals surface area contributed by atoms with Crippen molar-refractivity contribution >= 4 is 23.1 Å². The molecular formula is C11H8F3N3O2S. The topological polar surface area (TPSA) is 75.1 Å². The molecule has 2 aromatic rings. The zero-order valence-corrected chi connectivity index (χ0v) is 10.6. The number of carbonyl (C=O) groups is 1. The Morgan fingerprint density at radius 1 is 1.30 bits per heavy atom. The van der Waals surface area contributed by atoms with Crippen LogP contribution in [0.3, 0.4) is 0 Å². The monoisotopic (exact) mass is 303 g/mol. The van der Waals surface area contributed by atoms with Crippen LogP contribution >= 0.6 is 11.3 Å². The van der Waals surface area contributed by atoms with Gasteiger partial charge in [0, 0.05) is 4.88 Å². The van der Waals surface area contributed by atoms with Gasteiger partial charge in [0.2, 0.25) is 0 Å². The van der Waals surface area contributed by atoms with Gasteiger partial charge in [0.15, 0.2) is 11.7 Å². The fourth-order valence-electron chi connectivity index (χ4n) is 1.42. The Kier molecular flexibility index (Phi) is 3.89. The van der Waals surface area contributed by atoms with E-state index in [1.54, 1.807) is 17.5 Å². The number of thiophene rings is 1. The Balaban J connectivity index is 2.18. The number of nitrogens with one attached hydrogen (secondary N) is 1. The number of nitrogens with zero attached hydrogens (tertiary/aromatic N) is 2. The molecule has 2 heterocycles. The first-order valence-electron chi connectivity index (χ1n) is 5.31. The number of rotatable bonds is 4. The van der Waals surface area contributed by atoms with Gasteiger partial charge in [0.1, 0.15) is 5.82 Å². The Labute approximate surface area is 115 Å². The van der Waals surface area contributed by atoms with Gasteiger partial charge in [-0.1, -0.05) is 6.07 Å². The molecule has 0 fully saturated rings. The van der Waals surface area contributed by atoms with Gasteiger partial charge < -0.3 is 10.4 Å². The normalized spacial score (nSPS) is 12.9. The first kappa shape index (κ1) is 14.3. The highest BCUT2D eigenvalue weighted by Crippen LogP contribution is 2.28. The molecule has 0 aliphatic carbocycles. The Morgan fingerprint density at radius 3 is 2.50 bits per heavy atom. The molecule has 2 rings (SSSR count). The summed E-state index contributed by atoms with van der Waals surface area (Å²) in [5, 5.41) is 19.7. The summed E-state index contributed by atoms with van der Waals surface area (Å²) in [6, 6.07) is 3.98. The fourth-order valence-corrected chi connectivity index (χ4v) is 2.19. The summed E-state index contributed by atoms with van der Waals surface area (Å²) in [4.78, 5) is 11.7. The highest BCUT2D eigenvalue weighted by atomic mass is 32.1. The summed E-state index contributed by atoms with van der Waals surface area (Å²) in [6.07, 6.45) is -4.58. The highest BCUT2D eigenvalue weighted by Gasteiger charge is 2.33. The number of aliphatic carboxylic acids is 1. The molecule has 0 aromatic carbocycles. The summed E-state index contributed by atoms with van der Waals surface area (Å²) in [5.74, 6) is -1.20. The second kappa shape index (κ2) is 5.45. The first-order chi connectivity index (χ1) is 9.38. The lowest BCUT2D eigenvalue weighted by atomic mass is 10.2. The van der Waals surface area contributed by atoms with E-state index in [0.29, 0.717) is 4.88 Å². The number of halogens is 3. The number of hydrogen-bond donors (Lipinski definition) is 2. The molecule has 1 unspecified atom stereocenters. The predicted octanol–water partition coefficient (Wildman–Crippen LogP) is 2.79. The van der Waals surface area contributed by atoms with E-state index in [0.717, 1.165) is 12.1 Å². The van der Waals surface area contributed by atoms with Gasteiger partial charge in [-0.05, 0) is 23.6 Å². The Morgan fingerprint density at radius 2 is 2.05 bits per heavy atom. The lowest BCUT2D eigenvalue weighted by Gasteiger charge is -2.13. The number of anilines is 1. The van der Waals surface area contributed by atoms with Crippen LogP contribution in [0.1, 0.15) is 16.6 Å². The maximum Gasteiger partial charge on any atom is 0.435 e. The summed E-state index contributed by atoms with van der Waals surface area (Å²) in [5.41, 5.74) is -1.13. The summed E-state index contributed by atoms with van der Waals surface area (Å²) >= 11 is 1.21. The molecule has 0 aliphatic heterocycles. The van der Waals surface area contributed by atoms with E-state index >= 15 is 0 Å². The predicted molar refractivity (Wildman–Crippen MR) is 65.4 cm³/mol. The van der Waals surface area contributed by atoms with Crippen LogP contribution < -0.4 is 5.32 Å². The SMILES string of the molecule is O=C(O)C(Nc1ccc(C(F)(F)F)nn1)c1cccs1. The second-order valence-electron chi connectivity index (χ2n) is 3.73. The van der Waals surface area contributed by atoms with Crippen LogP contribution in [0.15, 0.2) is 29.6 Å². The average molecular weight is 303 g/mol. The van der Waals surface area contributed by atoms with Crippen molar-refractivity contribution in [2.24, 2.45) is 0 Å². The van der Waals surface area contributed by atoms with E-state index in [-0.39, 0.29) is 5.82 Å². The van der Waals surface area contributed by atoms with Crippen molar-refractivity contribution in [1.29, 1.82) is 0 Å². The van der Waals surface area contributed by atoms with E-state index in [1.807, 2.05) is 0 Å². The number of hydrogen-bond acceptors (Lipinski definition) is 5. The van der Waals surface area contributed by atoms with Crippen LogP contribution in [0.2, 0.25) is 0 Å². The summed E-state index contributed by atoms with van der Waals surface area (Å²) < 4.78 is 37.0. The Bertz CT molecular complexity index is 584. The molecular weight excluding hydrogens is 295 g/mol. The highest BCUT2D eigenvalue weighted by molar-refractivity contribution is 7.10. The first-order valence-corrected chi connectivity index (χ1v) is 6.19. The van der Waals surface area contributed by atoms with Crippen molar-refractivity contribution in [2.75, 3.05) is 5.32 Å². The van der Waals surface area contributed by atoms with Crippen LogP contribution in [-0.4, -0.2) is 21.3 Å². The maximum absolute atomic E-state index is 12.3. The third-order valence-electron chi connectivity index (χ3n) is 2.32. The molecule has 0 aliphatic rings. The van der Waals surface area contributed by atoms with Crippen LogP contribution in [0.4, 0.5) is 19.0 Å². The molecule has 1 atom stereocenters. The molecule has 0 bridgehead atoms. The standard InChI is InChI=1S/C11H8F3N3O2S/c12-11(13,14)7-3-4-8(17-16-7)15-9(10(18)19)6-2-1-5-20-6/h1-5,9H,(H,15,17)(H,18,19). The van der Waals surface area contributed by atoms with Crippen LogP contribution in [0, 0.1) is 0 Å². The number of alkyl halides is 3. The van der Waals surface area contributed by atoms with E-state index in [1.165, 1.54) is 11.3 Å². The van der Waals surface area contributed by atoms with Crippen LogP contribution in [0.5, 0.6) is 0 Å². The van der Waals surface area contributed by atoms with E-state index < -0.39 is 23.9 Å². The van der Waals surface area contributed by atoms with Crippen LogP contribution in [-0.2, 0) is 11.0 Å². The molecule has 5 nitrogen and oxygen atoms in total. The van der Waals surface area contributed by atoms with Crippen molar-refractivity contribution in [2.45, 2.75) is 12.2 Å². The lowest BCUT2D eigenvalue weighted by Crippen LogP contribution is -2.20. The molecule has 2 aromatic heterocycles. The van der Waals surface area contributed by atoms with E-state index in [4.69, 9.17) is 5.11 Å². The van der Waals surface area contributed by atoms with Gasteiger partial charge in [-0.25, -0.2) is 4.79 Å². The molecule has 0 amide bonds. The molecule has 0 radical (unpaired) electrons. The quantitative estimate of drug-likeness (QED) is 0.908. The zero-order valence-electron chi connectivity index (χ0n) is 9.76. The van der Waals surface area contributed by atoms with Gasteiger partial charge in [0.25, 0.3) is 0 Å². The lowest BCUT2D eigenvalue weighted by molar-refractivity contribution is -0.142. The van der Waals surface area contributed by atoms with Gasteiger partial charge in [-0.2, -0.15) is 13.2 Å². The third kappa shape index (κ3) is 3.23. The van der Waals surface area contributed by atoms with Crippen LogP contribution in [0.25, 0.3) is 0 Å². The van der Waals surface area contributed by atoms with Gasteiger partial charge in [0.05, 0.1) is 0 Å². The molecule has 9 heteroatoms. The second-order valence-corrected chi connectivity index (χ2v) is 4.71. The molecule has 106 valence electrons. The third-order valence-corrected chi connectivity index (χ3v) is 3.26. The van der Waals surface area contributed by atoms with Crippen molar-refractivity contribution < 1.29 is 23.1 Å². The minimum atomic E-state index is -4.58. The Hall–Kier alpha value is -2.16. The zero-order chi connectivity index (χ0) is 14.8. The van der Waals surface area contributed by atoms with Crippen molar-refractivity contribution in [3.63, 3.8) is 0 Å². The number of carboxylic acids is 1. The molecule has 0 saturated carbocycles. The summed E-state index contributed by atoms with van der Waals surface area (Å²) in [7, 11) is 0. The largest absolute Gasteiger partial charge is 0.479 e.